The zero-order valence-electron chi connectivity index (χ0n) is 13.7. The molecule has 2 aliphatic rings. The molecule has 2 aliphatic heterocycles. The highest BCUT2D eigenvalue weighted by atomic mass is 16.5. The predicted molar refractivity (Wildman–Crippen MR) is 85.7 cm³/mol. The molecule has 5 nitrogen and oxygen atoms in total. The lowest BCUT2D eigenvalue weighted by molar-refractivity contribution is 0.0355. The number of piperazine rings is 1. The van der Waals surface area contributed by atoms with Crippen molar-refractivity contribution in [2.75, 3.05) is 72.2 Å². The SMILES string of the molecule is CCCN1CCC(N2CCN(CCOCCO)CC2)CC1. The molecule has 0 saturated carbocycles. The van der Waals surface area contributed by atoms with Crippen LogP contribution in [-0.2, 0) is 4.74 Å². The van der Waals surface area contributed by atoms with Gasteiger partial charge in [0.2, 0.25) is 0 Å². The number of nitrogens with zero attached hydrogens (tertiary/aromatic N) is 3. The van der Waals surface area contributed by atoms with E-state index in [4.69, 9.17) is 9.84 Å². The lowest BCUT2D eigenvalue weighted by Gasteiger charge is -2.42. The van der Waals surface area contributed by atoms with Crippen LogP contribution in [0.4, 0.5) is 0 Å². The van der Waals surface area contributed by atoms with Crippen LogP contribution in [0.25, 0.3) is 0 Å². The van der Waals surface area contributed by atoms with Crippen molar-refractivity contribution >= 4 is 0 Å². The van der Waals surface area contributed by atoms with Gasteiger partial charge in [-0.3, -0.25) is 9.80 Å². The summed E-state index contributed by atoms with van der Waals surface area (Å²) in [5, 5.41) is 8.69. The summed E-state index contributed by atoms with van der Waals surface area (Å²) in [5.74, 6) is 0. The van der Waals surface area contributed by atoms with Crippen LogP contribution in [0.3, 0.4) is 0 Å². The molecule has 0 aromatic heterocycles. The molecule has 2 fully saturated rings. The molecule has 0 spiro atoms. The third-order valence-corrected chi connectivity index (χ3v) is 4.81. The van der Waals surface area contributed by atoms with Gasteiger partial charge in [0.25, 0.3) is 0 Å². The van der Waals surface area contributed by atoms with E-state index in [1.807, 2.05) is 0 Å². The van der Waals surface area contributed by atoms with E-state index in [0.717, 1.165) is 32.3 Å². The number of piperidine rings is 1. The van der Waals surface area contributed by atoms with Crippen molar-refractivity contribution in [3.8, 4) is 0 Å². The first kappa shape index (κ1) is 17.2. The summed E-state index contributed by atoms with van der Waals surface area (Å²) in [5.41, 5.74) is 0. The van der Waals surface area contributed by atoms with Gasteiger partial charge in [0, 0.05) is 38.8 Å². The molecule has 21 heavy (non-hydrogen) atoms. The maximum Gasteiger partial charge on any atom is 0.0698 e. The van der Waals surface area contributed by atoms with Crippen molar-refractivity contribution < 1.29 is 9.84 Å². The molecular formula is C16H33N3O2. The van der Waals surface area contributed by atoms with Gasteiger partial charge < -0.3 is 14.7 Å². The Morgan fingerprint density at radius 3 is 2.19 bits per heavy atom. The first-order valence-corrected chi connectivity index (χ1v) is 8.71. The molecule has 0 aliphatic carbocycles. The monoisotopic (exact) mass is 299 g/mol. The van der Waals surface area contributed by atoms with Crippen molar-refractivity contribution in [1.29, 1.82) is 0 Å². The normalized spacial score (nSPS) is 23.7. The Morgan fingerprint density at radius 1 is 0.905 bits per heavy atom. The van der Waals surface area contributed by atoms with Crippen molar-refractivity contribution in [2.24, 2.45) is 0 Å². The van der Waals surface area contributed by atoms with E-state index in [0.29, 0.717) is 6.61 Å². The van der Waals surface area contributed by atoms with E-state index in [1.54, 1.807) is 0 Å². The summed E-state index contributed by atoms with van der Waals surface area (Å²) >= 11 is 0. The van der Waals surface area contributed by atoms with E-state index in [-0.39, 0.29) is 6.61 Å². The minimum atomic E-state index is 0.129. The molecule has 2 heterocycles. The van der Waals surface area contributed by atoms with Crippen molar-refractivity contribution in [3.05, 3.63) is 0 Å². The van der Waals surface area contributed by atoms with Crippen molar-refractivity contribution in [1.82, 2.24) is 14.7 Å². The van der Waals surface area contributed by atoms with Gasteiger partial charge in [-0.2, -0.15) is 0 Å². The lowest BCUT2D eigenvalue weighted by Crippen LogP contribution is -2.53. The van der Waals surface area contributed by atoms with E-state index in [1.165, 1.54) is 52.0 Å². The van der Waals surface area contributed by atoms with Crippen LogP contribution >= 0.6 is 0 Å². The molecule has 0 aromatic rings. The fraction of sp³-hybridized carbons (Fsp3) is 1.00. The van der Waals surface area contributed by atoms with Crippen molar-refractivity contribution in [3.63, 3.8) is 0 Å². The first-order valence-electron chi connectivity index (χ1n) is 8.71. The minimum Gasteiger partial charge on any atom is -0.394 e. The van der Waals surface area contributed by atoms with E-state index < -0.39 is 0 Å². The fourth-order valence-corrected chi connectivity index (χ4v) is 3.54. The molecule has 0 bridgehead atoms. The molecule has 1 N–H and O–H groups in total. The van der Waals surface area contributed by atoms with Gasteiger partial charge in [0.05, 0.1) is 19.8 Å². The number of hydrogen-bond acceptors (Lipinski definition) is 5. The van der Waals surface area contributed by atoms with Gasteiger partial charge >= 0.3 is 0 Å². The maximum atomic E-state index is 8.69. The average Bonchev–Trinajstić information content (AvgIpc) is 2.53. The van der Waals surface area contributed by atoms with Crippen LogP contribution in [0, 0.1) is 0 Å². The van der Waals surface area contributed by atoms with E-state index in [2.05, 4.69) is 21.6 Å². The Bertz CT molecular complexity index is 262. The fourth-order valence-electron chi connectivity index (χ4n) is 3.54. The summed E-state index contributed by atoms with van der Waals surface area (Å²) in [7, 11) is 0. The molecule has 2 rings (SSSR count). The Kier molecular flexibility index (Phi) is 7.96. The van der Waals surface area contributed by atoms with Gasteiger partial charge in [0.15, 0.2) is 0 Å². The highest BCUT2D eigenvalue weighted by molar-refractivity contribution is 4.83. The molecule has 5 heteroatoms. The van der Waals surface area contributed by atoms with Crippen molar-refractivity contribution in [2.45, 2.75) is 32.2 Å². The van der Waals surface area contributed by atoms with Gasteiger partial charge in [-0.15, -0.1) is 0 Å². The molecule has 0 radical (unpaired) electrons. The molecule has 0 aromatic carbocycles. The van der Waals surface area contributed by atoms with E-state index >= 15 is 0 Å². The number of hydrogen-bond donors (Lipinski definition) is 1. The largest absolute Gasteiger partial charge is 0.394 e. The Morgan fingerprint density at radius 2 is 1.57 bits per heavy atom. The zero-order chi connectivity index (χ0) is 14.9. The zero-order valence-corrected chi connectivity index (χ0v) is 13.7. The molecule has 2 saturated heterocycles. The summed E-state index contributed by atoms with van der Waals surface area (Å²) in [6, 6.07) is 0.811. The number of aliphatic hydroxyl groups is 1. The van der Waals surface area contributed by atoms with E-state index in [9.17, 15) is 0 Å². The first-order chi connectivity index (χ1) is 10.3. The third kappa shape index (κ3) is 5.83. The summed E-state index contributed by atoms with van der Waals surface area (Å²) in [4.78, 5) is 7.81. The third-order valence-electron chi connectivity index (χ3n) is 4.81. The van der Waals surface area contributed by atoms with Gasteiger partial charge in [0.1, 0.15) is 0 Å². The number of rotatable bonds is 8. The van der Waals surface area contributed by atoms with Crippen LogP contribution in [0.2, 0.25) is 0 Å². The second kappa shape index (κ2) is 9.74. The van der Waals surface area contributed by atoms with Crippen LogP contribution < -0.4 is 0 Å². The lowest BCUT2D eigenvalue weighted by atomic mass is 10.0. The van der Waals surface area contributed by atoms with Gasteiger partial charge in [-0.05, 0) is 38.9 Å². The van der Waals surface area contributed by atoms with Crippen LogP contribution in [0.1, 0.15) is 26.2 Å². The maximum absolute atomic E-state index is 8.69. The number of ether oxygens (including phenoxy) is 1. The average molecular weight is 299 g/mol. The van der Waals surface area contributed by atoms with Gasteiger partial charge in [-0.25, -0.2) is 0 Å². The second-order valence-electron chi connectivity index (χ2n) is 6.29. The Hall–Kier alpha value is -0.200. The standard InChI is InChI=1S/C16H33N3O2/c1-2-5-17-6-3-16(4-7-17)19-10-8-18(9-11-19)12-14-21-15-13-20/h16,20H,2-15H2,1H3. The smallest absolute Gasteiger partial charge is 0.0698 e. The Balaban J connectivity index is 1.59. The summed E-state index contributed by atoms with van der Waals surface area (Å²) in [6.07, 6.45) is 3.97. The van der Waals surface area contributed by atoms with Crippen LogP contribution in [0.5, 0.6) is 0 Å². The Labute approximate surface area is 129 Å². The highest BCUT2D eigenvalue weighted by Crippen LogP contribution is 2.18. The molecule has 124 valence electrons. The van der Waals surface area contributed by atoms with Crippen LogP contribution in [0.15, 0.2) is 0 Å². The topological polar surface area (TPSA) is 39.2 Å². The number of likely N-dealkylation sites (tertiary alicyclic amines) is 1. The molecule has 0 unspecified atom stereocenters. The van der Waals surface area contributed by atoms with Gasteiger partial charge in [-0.1, -0.05) is 6.92 Å². The highest BCUT2D eigenvalue weighted by Gasteiger charge is 2.26. The minimum absolute atomic E-state index is 0.129. The number of aliphatic hydroxyl groups excluding tert-OH is 1. The molecule has 0 atom stereocenters. The van der Waals surface area contributed by atoms with Crippen LogP contribution in [-0.4, -0.2) is 98.0 Å². The quantitative estimate of drug-likeness (QED) is 0.660. The molecule has 0 amide bonds. The molecular weight excluding hydrogens is 266 g/mol. The summed E-state index contributed by atoms with van der Waals surface area (Å²) in [6.45, 7) is 13.2. The predicted octanol–water partition coefficient (Wildman–Crippen LogP) is 0.487. The summed E-state index contributed by atoms with van der Waals surface area (Å²) < 4.78 is 5.35. The second-order valence-corrected chi connectivity index (χ2v) is 6.29.